The first-order chi connectivity index (χ1) is 5.25. The van der Waals surface area contributed by atoms with Crippen molar-refractivity contribution in [2.75, 3.05) is 5.48 Å². The van der Waals surface area contributed by atoms with Crippen LogP contribution in [0.25, 0.3) is 0 Å². The van der Waals surface area contributed by atoms with Gasteiger partial charge < -0.3 is 0 Å². The van der Waals surface area contributed by atoms with Crippen molar-refractivity contribution in [1.82, 2.24) is 0 Å². The predicted octanol–water partition coefficient (Wildman–Crippen LogP) is 1.40. The Morgan fingerprint density at radius 3 is 2.55 bits per heavy atom. The van der Waals surface area contributed by atoms with E-state index in [9.17, 15) is 10.1 Å². The van der Waals surface area contributed by atoms with Gasteiger partial charge in [-0.25, -0.2) is 0 Å². The average molecular weight is 154 g/mol. The molecule has 58 valence electrons. The van der Waals surface area contributed by atoms with E-state index < -0.39 is 4.92 Å². The van der Waals surface area contributed by atoms with Gasteiger partial charge in [0.15, 0.2) is 0 Å². The van der Waals surface area contributed by atoms with Gasteiger partial charge in [-0.15, -0.1) is 0 Å². The first kappa shape index (κ1) is 7.49. The van der Waals surface area contributed by atoms with Gasteiger partial charge in [0.05, 0.1) is 4.92 Å². The lowest BCUT2D eigenvalue weighted by Gasteiger charge is -1.97. The molecule has 0 amide bonds. The number of nitro benzene ring substituents is 1. The molecule has 0 aromatic heterocycles. The lowest BCUT2D eigenvalue weighted by atomic mass is 10.3. The second-order valence-corrected chi connectivity index (χ2v) is 1.89. The van der Waals surface area contributed by atoms with Crippen molar-refractivity contribution < 1.29 is 10.1 Å². The standard InChI is InChI=1S/C6H6N2O3/c9-7-5-3-1-2-4-6(5)8(10)11/h1-4,7,9H. The summed E-state index contributed by atoms with van der Waals surface area (Å²) in [6.45, 7) is 0. The second-order valence-electron chi connectivity index (χ2n) is 1.89. The van der Waals surface area contributed by atoms with Gasteiger partial charge in [-0.1, -0.05) is 12.1 Å². The summed E-state index contributed by atoms with van der Waals surface area (Å²) < 4.78 is 0. The molecule has 0 aliphatic heterocycles. The summed E-state index contributed by atoms with van der Waals surface area (Å²) in [6.07, 6.45) is 0. The van der Waals surface area contributed by atoms with Crippen LogP contribution in [0.3, 0.4) is 0 Å². The number of hydrogen-bond acceptors (Lipinski definition) is 4. The number of para-hydroxylation sites is 2. The number of nitrogens with one attached hydrogen (secondary N) is 1. The van der Waals surface area contributed by atoms with Crippen molar-refractivity contribution >= 4 is 11.4 Å². The van der Waals surface area contributed by atoms with Crippen LogP contribution in [0.4, 0.5) is 11.4 Å². The third-order valence-corrected chi connectivity index (χ3v) is 1.22. The number of nitro groups is 1. The van der Waals surface area contributed by atoms with E-state index in [1.54, 1.807) is 11.5 Å². The summed E-state index contributed by atoms with van der Waals surface area (Å²) in [7, 11) is 0. The van der Waals surface area contributed by atoms with Crippen LogP contribution in [-0.2, 0) is 0 Å². The van der Waals surface area contributed by atoms with Crippen molar-refractivity contribution in [3.05, 3.63) is 34.4 Å². The molecule has 0 spiro atoms. The monoisotopic (exact) mass is 154 g/mol. The van der Waals surface area contributed by atoms with Crippen LogP contribution in [0.15, 0.2) is 24.3 Å². The fourth-order valence-corrected chi connectivity index (χ4v) is 0.727. The zero-order valence-electron chi connectivity index (χ0n) is 5.52. The minimum atomic E-state index is -0.571. The Morgan fingerprint density at radius 2 is 2.09 bits per heavy atom. The quantitative estimate of drug-likeness (QED) is 0.498. The molecule has 5 heteroatoms. The third kappa shape index (κ3) is 1.44. The van der Waals surface area contributed by atoms with Crippen LogP contribution in [0.5, 0.6) is 0 Å². The van der Waals surface area contributed by atoms with Crippen molar-refractivity contribution in [3.63, 3.8) is 0 Å². The first-order valence-electron chi connectivity index (χ1n) is 2.89. The zero-order chi connectivity index (χ0) is 8.27. The molecule has 0 radical (unpaired) electrons. The molecule has 0 bridgehead atoms. The maximum Gasteiger partial charge on any atom is 0.294 e. The van der Waals surface area contributed by atoms with Crippen molar-refractivity contribution in [3.8, 4) is 0 Å². The molecule has 0 unspecified atom stereocenters. The van der Waals surface area contributed by atoms with Gasteiger partial charge in [0.1, 0.15) is 5.69 Å². The Morgan fingerprint density at radius 1 is 1.45 bits per heavy atom. The van der Waals surface area contributed by atoms with Crippen molar-refractivity contribution in [2.24, 2.45) is 0 Å². The van der Waals surface area contributed by atoms with E-state index in [0.29, 0.717) is 0 Å². The fourth-order valence-electron chi connectivity index (χ4n) is 0.727. The van der Waals surface area contributed by atoms with Crippen LogP contribution in [0.1, 0.15) is 0 Å². The van der Waals surface area contributed by atoms with Crippen LogP contribution < -0.4 is 5.48 Å². The molecule has 5 nitrogen and oxygen atoms in total. The highest BCUT2D eigenvalue weighted by Crippen LogP contribution is 2.21. The average Bonchev–Trinajstić information content (AvgIpc) is 2.04. The van der Waals surface area contributed by atoms with Gasteiger partial charge in [0.25, 0.3) is 5.69 Å². The zero-order valence-corrected chi connectivity index (χ0v) is 5.52. The Bertz CT molecular complexity index is 274. The van der Waals surface area contributed by atoms with E-state index >= 15 is 0 Å². The number of benzene rings is 1. The molecule has 0 saturated carbocycles. The summed E-state index contributed by atoms with van der Waals surface area (Å²) in [5.74, 6) is 0. The summed E-state index contributed by atoms with van der Waals surface area (Å²) in [6, 6.07) is 5.83. The molecule has 1 aromatic carbocycles. The van der Waals surface area contributed by atoms with Gasteiger partial charge in [0, 0.05) is 6.07 Å². The van der Waals surface area contributed by atoms with E-state index in [2.05, 4.69) is 0 Å². The van der Waals surface area contributed by atoms with Crippen LogP contribution in [0, 0.1) is 10.1 Å². The molecule has 0 saturated heterocycles. The SMILES string of the molecule is O=[N+]([O-])c1ccccc1NO. The minimum absolute atomic E-state index is 0.0949. The molecule has 0 heterocycles. The lowest BCUT2D eigenvalue weighted by Crippen LogP contribution is -1.95. The highest BCUT2D eigenvalue weighted by molar-refractivity contribution is 5.59. The third-order valence-electron chi connectivity index (χ3n) is 1.22. The highest BCUT2D eigenvalue weighted by Gasteiger charge is 2.10. The van der Waals surface area contributed by atoms with Crippen LogP contribution >= 0.6 is 0 Å². The summed E-state index contributed by atoms with van der Waals surface area (Å²) in [5.41, 5.74) is 1.69. The number of rotatable bonds is 2. The molecule has 2 N–H and O–H groups in total. The summed E-state index contributed by atoms with van der Waals surface area (Å²) in [4.78, 5) is 9.66. The Labute approximate surface area is 62.4 Å². The number of hydrogen-bond donors (Lipinski definition) is 2. The van der Waals surface area contributed by atoms with E-state index in [4.69, 9.17) is 5.21 Å². The van der Waals surface area contributed by atoms with Gasteiger partial charge in [-0.05, 0) is 6.07 Å². The molecule has 1 rings (SSSR count). The largest absolute Gasteiger partial charge is 0.294 e. The predicted molar refractivity (Wildman–Crippen MR) is 38.5 cm³/mol. The molecule has 0 fully saturated rings. The van der Waals surface area contributed by atoms with Crippen LogP contribution in [-0.4, -0.2) is 10.1 Å². The highest BCUT2D eigenvalue weighted by atomic mass is 16.6. The molecular weight excluding hydrogens is 148 g/mol. The lowest BCUT2D eigenvalue weighted by molar-refractivity contribution is -0.384. The molecule has 1 aromatic rings. The van der Waals surface area contributed by atoms with E-state index in [1.807, 2.05) is 0 Å². The molecule has 0 aliphatic carbocycles. The van der Waals surface area contributed by atoms with E-state index in [0.717, 1.165) is 0 Å². The maximum atomic E-state index is 10.2. The topological polar surface area (TPSA) is 75.4 Å². The Hall–Kier alpha value is -1.62. The number of anilines is 1. The summed E-state index contributed by atoms with van der Waals surface area (Å²) >= 11 is 0. The molecule has 0 atom stereocenters. The first-order valence-corrected chi connectivity index (χ1v) is 2.89. The van der Waals surface area contributed by atoms with Crippen LogP contribution in [0.2, 0.25) is 0 Å². The second kappa shape index (κ2) is 2.98. The Kier molecular flexibility index (Phi) is 2.03. The Balaban J connectivity index is 3.12. The van der Waals surface area contributed by atoms with Gasteiger partial charge >= 0.3 is 0 Å². The van der Waals surface area contributed by atoms with E-state index in [-0.39, 0.29) is 11.4 Å². The summed E-state index contributed by atoms with van der Waals surface area (Å²) in [5, 5.41) is 18.6. The fraction of sp³-hybridized carbons (Fsp3) is 0. The normalized spacial score (nSPS) is 9.18. The van der Waals surface area contributed by atoms with Crippen molar-refractivity contribution in [1.29, 1.82) is 0 Å². The molecular formula is C6H6N2O3. The smallest absolute Gasteiger partial charge is 0.291 e. The van der Waals surface area contributed by atoms with Gasteiger partial charge in [-0.3, -0.25) is 20.8 Å². The minimum Gasteiger partial charge on any atom is -0.291 e. The molecule has 11 heavy (non-hydrogen) atoms. The number of nitrogens with zero attached hydrogens (tertiary/aromatic N) is 1. The molecule has 0 aliphatic rings. The van der Waals surface area contributed by atoms with Gasteiger partial charge in [0.2, 0.25) is 0 Å². The van der Waals surface area contributed by atoms with Gasteiger partial charge in [-0.2, -0.15) is 0 Å². The maximum absolute atomic E-state index is 10.2. The van der Waals surface area contributed by atoms with E-state index in [1.165, 1.54) is 18.2 Å². The van der Waals surface area contributed by atoms with Crippen molar-refractivity contribution in [2.45, 2.75) is 0 Å².